The molecule has 0 spiro atoms. The molecule has 0 aliphatic heterocycles. The number of hydrogen-bond acceptors (Lipinski definition) is 3. The van der Waals surface area contributed by atoms with Crippen LogP contribution in [0.25, 0.3) is 0 Å². The Balaban J connectivity index is 2.22. The van der Waals surface area contributed by atoms with Crippen LogP contribution in [0.5, 0.6) is 0 Å². The van der Waals surface area contributed by atoms with E-state index in [4.69, 9.17) is 4.74 Å². The number of rotatable bonds is 7. The van der Waals surface area contributed by atoms with Gasteiger partial charge in [-0.25, -0.2) is 0 Å². The minimum Gasteiger partial charge on any atom is -0.380 e. The van der Waals surface area contributed by atoms with Gasteiger partial charge in [0.15, 0.2) is 0 Å². The Morgan fingerprint density at radius 3 is 2.71 bits per heavy atom. The first-order valence-electron chi connectivity index (χ1n) is 5.98. The molecule has 1 aromatic heterocycles. The largest absolute Gasteiger partial charge is 0.380 e. The molecule has 1 rings (SSSR count). The van der Waals surface area contributed by atoms with Crippen molar-refractivity contribution in [3.63, 3.8) is 0 Å². The van der Waals surface area contributed by atoms with Crippen molar-refractivity contribution in [1.29, 1.82) is 0 Å². The van der Waals surface area contributed by atoms with Gasteiger partial charge in [-0.3, -0.25) is 4.68 Å². The SMILES string of the molecule is Cc1nn(C)c(CNCCOCC(C)C)c1Br. The Morgan fingerprint density at radius 2 is 2.18 bits per heavy atom. The summed E-state index contributed by atoms with van der Waals surface area (Å²) < 4.78 is 8.50. The zero-order chi connectivity index (χ0) is 12.8. The van der Waals surface area contributed by atoms with E-state index >= 15 is 0 Å². The second-order valence-electron chi connectivity index (χ2n) is 4.62. The zero-order valence-corrected chi connectivity index (χ0v) is 12.7. The molecule has 0 aliphatic rings. The third-order valence-corrected chi connectivity index (χ3v) is 3.46. The fourth-order valence-electron chi connectivity index (χ4n) is 1.54. The second-order valence-corrected chi connectivity index (χ2v) is 5.41. The molecule has 0 fully saturated rings. The molecule has 0 saturated heterocycles. The highest BCUT2D eigenvalue weighted by atomic mass is 79.9. The summed E-state index contributed by atoms with van der Waals surface area (Å²) in [6.45, 7) is 9.57. The van der Waals surface area contributed by atoms with Crippen molar-refractivity contribution in [2.75, 3.05) is 19.8 Å². The van der Waals surface area contributed by atoms with Crippen LogP contribution >= 0.6 is 15.9 Å². The van der Waals surface area contributed by atoms with Crippen LogP contribution in [0.4, 0.5) is 0 Å². The fraction of sp³-hybridized carbons (Fsp3) is 0.750. The molecule has 5 heteroatoms. The lowest BCUT2D eigenvalue weighted by molar-refractivity contribution is 0.111. The van der Waals surface area contributed by atoms with Crippen molar-refractivity contribution in [3.05, 3.63) is 15.9 Å². The first-order valence-corrected chi connectivity index (χ1v) is 6.78. The molecule has 0 amide bonds. The van der Waals surface area contributed by atoms with E-state index in [1.807, 2.05) is 18.7 Å². The third-order valence-electron chi connectivity index (χ3n) is 2.43. The third kappa shape index (κ3) is 4.77. The van der Waals surface area contributed by atoms with Crippen LogP contribution in [-0.4, -0.2) is 29.5 Å². The van der Waals surface area contributed by atoms with Gasteiger partial charge in [-0.05, 0) is 28.8 Å². The quantitative estimate of drug-likeness (QED) is 0.785. The molecular weight excluding hydrogens is 282 g/mol. The summed E-state index contributed by atoms with van der Waals surface area (Å²) in [6.07, 6.45) is 0. The van der Waals surface area contributed by atoms with E-state index < -0.39 is 0 Å². The highest BCUT2D eigenvalue weighted by molar-refractivity contribution is 9.10. The topological polar surface area (TPSA) is 39.1 Å². The summed E-state index contributed by atoms with van der Waals surface area (Å²) in [7, 11) is 1.96. The number of nitrogens with zero attached hydrogens (tertiary/aromatic N) is 2. The van der Waals surface area contributed by atoms with Gasteiger partial charge in [0.25, 0.3) is 0 Å². The summed E-state index contributed by atoms with van der Waals surface area (Å²) in [5, 5.41) is 7.70. The van der Waals surface area contributed by atoms with Crippen LogP contribution in [0.1, 0.15) is 25.2 Å². The molecular formula is C12H22BrN3O. The van der Waals surface area contributed by atoms with Gasteiger partial charge in [0.1, 0.15) is 0 Å². The van der Waals surface area contributed by atoms with Gasteiger partial charge >= 0.3 is 0 Å². The van der Waals surface area contributed by atoms with Crippen molar-refractivity contribution in [3.8, 4) is 0 Å². The van der Waals surface area contributed by atoms with E-state index in [0.717, 1.165) is 36.5 Å². The molecule has 0 unspecified atom stereocenters. The molecule has 0 aliphatic carbocycles. The van der Waals surface area contributed by atoms with Gasteiger partial charge < -0.3 is 10.1 Å². The maximum atomic E-state index is 5.50. The van der Waals surface area contributed by atoms with E-state index in [0.29, 0.717) is 5.92 Å². The van der Waals surface area contributed by atoms with Crippen molar-refractivity contribution < 1.29 is 4.74 Å². The summed E-state index contributed by atoms with van der Waals surface area (Å²) in [6, 6.07) is 0. The average molecular weight is 304 g/mol. The number of ether oxygens (including phenoxy) is 1. The van der Waals surface area contributed by atoms with Gasteiger partial charge in [0.2, 0.25) is 0 Å². The monoisotopic (exact) mass is 303 g/mol. The van der Waals surface area contributed by atoms with Crippen molar-refractivity contribution in [1.82, 2.24) is 15.1 Å². The molecule has 0 saturated carbocycles. The highest BCUT2D eigenvalue weighted by Crippen LogP contribution is 2.19. The molecule has 0 bridgehead atoms. The average Bonchev–Trinajstić information content (AvgIpc) is 2.48. The Morgan fingerprint density at radius 1 is 1.47 bits per heavy atom. The van der Waals surface area contributed by atoms with Crippen LogP contribution in [-0.2, 0) is 18.3 Å². The predicted octanol–water partition coefficient (Wildman–Crippen LogP) is 2.25. The van der Waals surface area contributed by atoms with Gasteiger partial charge in [-0.2, -0.15) is 5.10 Å². The Labute approximate surface area is 112 Å². The number of nitrogens with one attached hydrogen (secondary N) is 1. The van der Waals surface area contributed by atoms with Crippen LogP contribution < -0.4 is 5.32 Å². The molecule has 1 N–H and O–H groups in total. The van der Waals surface area contributed by atoms with Crippen LogP contribution in [0.2, 0.25) is 0 Å². The molecule has 0 radical (unpaired) electrons. The van der Waals surface area contributed by atoms with Crippen LogP contribution in [0, 0.1) is 12.8 Å². The van der Waals surface area contributed by atoms with Crippen molar-refractivity contribution in [2.24, 2.45) is 13.0 Å². The van der Waals surface area contributed by atoms with Gasteiger partial charge in [-0.15, -0.1) is 0 Å². The molecule has 0 aromatic carbocycles. The van der Waals surface area contributed by atoms with Crippen LogP contribution in [0.3, 0.4) is 0 Å². The molecule has 98 valence electrons. The van der Waals surface area contributed by atoms with E-state index in [9.17, 15) is 0 Å². The minimum absolute atomic E-state index is 0.601. The standard InChI is InChI=1S/C12H22BrN3O/c1-9(2)8-17-6-5-14-7-11-12(13)10(3)15-16(11)4/h9,14H,5-8H2,1-4H3. The van der Waals surface area contributed by atoms with Crippen LogP contribution in [0.15, 0.2) is 4.47 Å². The minimum atomic E-state index is 0.601. The molecule has 1 heterocycles. The summed E-state index contributed by atoms with van der Waals surface area (Å²) in [4.78, 5) is 0. The zero-order valence-electron chi connectivity index (χ0n) is 11.1. The van der Waals surface area contributed by atoms with E-state index in [2.05, 4.69) is 40.2 Å². The van der Waals surface area contributed by atoms with Crippen molar-refractivity contribution >= 4 is 15.9 Å². The maximum absolute atomic E-state index is 5.50. The van der Waals surface area contributed by atoms with E-state index in [-0.39, 0.29) is 0 Å². The Hall–Kier alpha value is -0.390. The number of aryl methyl sites for hydroxylation is 2. The smallest absolute Gasteiger partial charge is 0.0739 e. The number of aromatic nitrogens is 2. The summed E-state index contributed by atoms with van der Waals surface area (Å²) in [5.74, 6) is 0.601. The lowest BCUT2D eigenvalue weighted by atomic mass is 10.2. The van der Waals surface area contributed by atoms with Gasteiger partial charge in [0.05, 0.1) is 22.5 Å². The van der Waals surface area contributed by atoms with E-state index in [1.165, 1.54) is 5.69 Å². The number of hydrogen-bond donors (Lipinski definition) is 1. The lowest BCUT2D eigenvalue weighted by Crippen LogP contribution is -2.21. The summed E-state index contributed by atoms with van der Waals surface area (Å²) in [5.41, 5.74) is 2.20. The summed E-state index contributed by atoms with van der Waals surface area (Å²) >= 11 is 3.55. The van der Waals surface area contributed by atoms with Crippen molar-refractivity contribution in [2.45, 2.75) is 27.3 Å². The first kappa shape index (κ1) is 14.7. The van der Waals surface area contributed by atoms with E-state index in [1.54, 1.807) is 0 Å². The molecule has 1 aromatic rings. The first-order chi connectivity index (χ1) is 8.02. The molecule has 4 nitrogen and oxygen atoms in total. The fourth-order valence-corrected chi connectivity index (χ4v) is 2.02. The lowest BCUT2D eigenvalue weighted by Gasteiger charge is -2.08. The predicted molar refractivity (Wildman–Crippen MR) is 73.0 cm³/mol. The molecule has 0 atom stereocenters. The molecule has 17 heavy (non-hydrogen) atoms. The highest BCUT2D eigenvalue weighted by Gasteiger charge is 2.09. The maximum Gasteiger partial charge on any atom is 0.0739 e. The Kier molecular flexibility index (Phi) is 6.16. The van der Waals surface area contributed by atoms with Gasteiger partial charge in [-0.1, -0.05) is 13.8 Å². The Bertz CT molecular complexity index is 350. The second kappa shape index (κ2) is 7.13. The van der Waals surface area contributed by atoms with Gasteiger partial charge in [0, 0.05) is 26.7 Å². The number of halogens is 1. The normalized spacial score (nSPS) is 11.4.